The number of rotatable bonds is 4. The van der Waals surface area contributed by atoms with Crippen LogP contribution in [0.25, 0.3) is 0 Å². The predicted molar refractivity (Wildman–Crippen MR) is 96.9 cm³/mol. The van der Waals surface area contributed by atoms with Crippen LogP contribution in [0.4, 0.5) is 9.18 Å². The molecule has 1 aromatic carbocycles. The van der Waals surface area contributed by atoms with Crippen LogP contribution in [-0.4, -0.2) is 29.6 Å². The van der Waals surface area contributed by atoms with Gasteiger partial charge >= 0.3 is 6.09 Å². The van der Waals surface area contributed by atoms with E-state index in [-0.39, 0.29) is 18.0 Å². The Balaban J connectivity index is 1.82. The second-order valence-electron chi connectivity index (χ2n) is 7.60. The van der Waals surface area contributed by atoms with E-state index in [4.69, 9.17) is 4.74 Å². The van der Waals surface area contributed by atoms with Crippen molar-refractivity contribution in [2.75, 3.05) is 0 Å². The third kappa shape index (κ3) is 6.54. The number of hydrogen-bond acceptors (Lipinski definition) is 4. The molecule has 0 unspecified atom stereocenters. The number of carbonyl (C=O) groups excluding carboxylic acids is 3. The van der Waals surface area contributed by atoms with Crippen molar-refractivity contribution < 1.29 is 23.5 Å². The number of benzene rings is 1. The maximum atomic E-state index is 13.6. The Labute approximate surface area is 158 Å². The van der Waals surface area contributed by atoms with Crippen molar-refractivity contribution in [2.45, 2.75) is 58.1 Å². The third-order valence-electron chi connectivity index (χ3n) is 4.19. The van der Waals surface area contributed by atoms with E-state index < -0.39 is 35.2 Å². The van der Waals surface area contributed by atoms with Crippen LogP contribution in [0.1, 0.15) is 45.6 Å². The van der Waals surface area contributed by atoms with Crippen LogP contribution in [-0.2, 0) is 20.7 Å². The van der Waals surface area contributed by atoms with Crippen molar-refractivity contribution in [3.05, 3.63) is 35.6 Å². The SMILES string of the molecule is CC(C)(C)OC(=O)N[C@@H]1CCC[C@@H]1C(=O)NNC(=O)Cc1ccccc1F. The normalized spacial score (nSPS) is 19.3. The molecule has 2 atom stereocenters. The Bertz CT molecular complexity index is 702. The quantitative estimate of drug-likeness (QED) is 0.699. The Hall–Kier alpha value is -2.64. The van der Waals surface area contributed by atoms with Crippen LogP contribution in [0.15, 0.2) is 24.3 Å². The van der Waals surface area contributed by atoms with Crippen LogP contribution in [0.5, 0.6) is 0 Å². The van der Waals surface area contributed by atoms with Gasteiger partial charge in [-0.15, -0.1) is 0 Å². The zero-order valence-electron chi connectivity index (χ0n) is 15.8. The molecule has 3 N–H and O–H groups in total. The first-order chi connectivity index (χ1) is 12.7. The Morgan fingerprint density at radius 3 is 2.52 bits per heavy atom. The van der Waals surface area contributed by atoms with E-state index >= 15 is 0 Å². The molecule has 0 aromatic heterocycles. The molecule has 0 aliphatic heterocycles. The molecule has 1 aromatic rings. The van der Waals surface area contributed by atoms with E-state index in [0.717, 1.165) is 6.42 Å². The number of ether oxygens (including phenoxy) is 1. The molecule has 8 heteroatoms. The van der Waals surface area contributed by atoms with Crippen LogP contribution < -0.4 is 16.2 Å². The minimum atomic E-state index is -0.624. The Morgan fingerprint density at radius 2 is 1.85 bits per heavy atom. The molecule has 3 amide bonds. The summed E-state index contributed by atoms with van der Waals surface area (Å²) < 4.78 is 18.8. The Morgan fingerprint density at radius 1 is 1.15 bits per heavy atom. The standard InChI is InChI=1S/C19H26FN3O4/c1-19(2,3)27-18(26)21-15-10-6-8-13(15)17(25)23-22-16(24)11-12-7-4-5-9-14(12)20/h4-5,7,9,13,15H,6,8,10-11H2,1-3H3,(H,21,26)(H,22,24)(H,23,25)/t13-,15+/m0/s1. The molecule has 1 aliphatic carbocycles. The van der Waals surface area contributed by atoms with Gasteiger partial charge in [-0.3, -0.25) is 20.4 Å². The molecule has 0 heterocycles. The molecule has 0 bridgehead atoms. The van der Waals surface area contributed by atoms with Gasteiger partial charge in [0.2, 0.25) is 11.8 Å². The lowest BCUT2D eigenvalue weighted by atomic mass is 10.0. The fourth-order valence-electron chi connectivity index (χ4n) is 2.99. The highest BCUT2D eigenvalue weighted by Gasteiger charge is 2.35. The van der Waals surface area contributed by atoms with Crippen LogP contribution >= 0.6 is 0 Å². The van der Waals surface area contributed by atoms with Crippen molar-refractivity contribution in [1.29, 1.82) is 0 Å². The summed E-state index contributed by atoms with van der Waals surface area (Å²) in [5, 5.41) is 2.72. The number of hydrazine groups is 1. The topological polar surface area (TPSA) is 96.5 Å². The second-order valence-corrected chi connectivity index (χ2v) is 7.60. The van der Waals surface area contributed by atoms with Crippen molar-refractivity contribution in [2.24, 2.45) is 5.92 Å². The highest BCUT2D eigenvalue weighted by Crippen LogP contribution is 2.26. The van der Waals surface area contributed by atoms with Gasteiger partial charge in [-0.05, 0) is 45.2 Å². The average molecular weight is 379 g/mol. The molecule has 0 saturated heterocycles. The maximum Gasteiger partial charge on any atom is 0.407 e. The van der Waals surface area contributed by atoms with E-state index in [9.17, 15) is 18.8 Å². The number of alkyl carbamates (subject to hydrolysis) is 1. The average Bonchev–Trinajstić information content (AvgIpc) is 3.01. The van der Waals surface area contributed by atoms with Crippen LogP contribution in [0.3, 0.4) is 0 Å². The fraction of sp³-hybridized carbons (Fsp3) is 0.526. The Kier molecular flexibility index (Phi) is 6.76. The fourth-order valence-corrected chi connectivity index (χ4v) is 2.99. The predicted octanol–water partition coefficient (Wildman–Crippen LogP) is 2.21. The summed E-state index contributed by atoms with van der Waals surface area (Å²) in [5.41, 5.74) is 4.28. The first-order valence-electron chi connectivity index (χ1n) is 8.97. The third-order valence-corrected chi connectivity index (χ3v) is 4.19. The number of halogens is 1. The first-order valence-corrected chi connectivity index (χ1v) is 8.97. The zero-order chi connectivity index (χ0) is 20.0. The number of hydrogen-bond donors (Lipinski definition) is 3. The van der Waals surface area contributed by atoms with Gasteiger partial charge in [-0.2, -0.15) is 0 Å². The molecule has 7 nitrogen and oxygen atoms in total. The number of amides is 3. The van der Waals surface area contributed by atoms with Gasteiger partial charge in [0, 0.05) is 6.04 Å². The lowest BCUT2D eigenvalue weighted by Gasteiger charge is -2.24. The molecule has 0 spiro atoms. The van der Waals surface area contributed by atoms with Gasteiger partial charge in [0.1, 0.15) is 11.4 Å². The minimum Gasteiger partial charge on any atom is -0.444 e. The largest absolute Gasteiger partial charge is 0.444 e. The molecular weight excluding hydrogens is 353 g/mol. The van der Waals surface area contributed by atoms with Gasteiger partial charge < -0.3 is 10.1 Å². The van der Waals surface area contributed by atoms with Crippen LogP contribution in [0.2, 0.25) is 0 Å². The van der Waals surface area contributed by atoms with Gasteiger partial charge in [0.15, 0.2) is 0 Å². The van der Waals surface area contributed by atoms with Crippen LogP contribution in [0, 0.1) is 11.7 Å². The number of carbonyl (C=O) groups is 3. The van der Waals surface area contributed by atoms with Crippen molar-refractivity contribution in [1.82, 2.24) is 16.2 Å². The summed E-state index contributed by atoms with van der Waals surface area (Å²) in [6, 6.07) is 5.59. The van der Waals surface area contributed by atoms with E-state index in [1.807, 2.05) is 0 Å². The molecule has 148 valence electrons. The summed E-state index contributed by atoms with van der Waals surface area (Å²) in [6.07, 6.45) is 1.27. The highest BCUT2D eigenvalue weighted by atomic mass is 19.1. The second kappa shape index (κ2) is 8.83. The van der Waals surface area contributed by atoms with E-state index in [1.165, 1.54) is 18.2 Å². The van der Waals surface area contributed by atoms with E-state index in [0.29, 0.717) is 12.8 Å². The molecule has 1 fully saturated rings. The van der Waals surface area contributed by atoms with Gasteiger partial charge in [-0.1, -0.05) is 24.6 Å². The van der Waals surface area contributed by atoms with Gasteiger partial charge in [0.05, 0.1) is 12.3 Å². The van der Waals surface area contributed by atoms with Gasteiger partial charge in [-0.25, -0.2) is 9.18 Å². The van der Waals surface area contributed by atoms with E-state index in [1.54, 1.807) is 26.8 Å². The highest BCUT2D eigenvalue weighted by molar-refractivity contribution is 5.85. The summed E-state index contributed by atoms with van der Waals surface area (Å²) in [5.74, 6) is -1.86. The summed E-state index contributed by atoms with van der Waals surface area (Å²) in [6.45, 7) is 5.28. The van der Waals surface area contributed by atoms with E-state index in [2.05, 4.69) is 16.2 Å². The molecule has 1 saturated carbocycles. The molecule has 27 heavy (non-hydrogen) atoms. The summed E-state index contributed by atoms with van der Waals surface area (Å²) >= 11 is 0. The lowest BCUT2D eigenvalue weighted by Crippen LogP contribution is -2.50. The first kappa shape index (κ1) is 20.7. The molecule has 0 radical (unpaired) electrons. The maximum absolute atomic E-state index is 13.6. The summed E-state index contributed by atoms with van der Waals surface area (Å²) in [7, 11) is 0. The monoisotopic (exact) mass is 379 g/mol. The lowest BCUT2D eigenvalue weighted by molar-refractivity contribution is -0.131. The van der Waals surface area contributed by atoms with Gasteiger partial charge in [0.25, 0.3) is 0 Å². The van der Waals surface area contributed by atoms with Crippen molar-refractivity contribution in [3.8, 4) is 0 Å². The van der Waals surface area contributed by atoms with Crippen molar-refractivity contribution in [3.63, 3.8) is 0 Å². The zero-order valence-corrected chi connectivity index (χ0v) is 15.8. The number of nitrogens with one attached hydrogen (secondary N) is 3. The summed E-state index contributed by atoms with van der Waals surface area (Å²) in [4.78, 5) is 36.2. The minimum absolute atomic E-state index is 0.183. The molecule has 2 rings (SSSR count). The molecule has 1 aliphatic rings. The smallest absolute Gasteiger partial charge is 0.407 e. The van der Waals surface area contributed by atoms with Crippen molar-refractivity contribution >= 4 is 17.9 Å². The molecular formula is C19H26FN3O4.